The van der Waals surface area contributed by atoms with Gasteiger partial charge in [-0.2, -0.15) is 13.2 Å². The van der Waals surface area contributed by atoms with Crippen LogP contribution in [0.15, 0.2) is 108 Å². The molecule has 1 aliphatic rings. The monoisotopic (exact) mass is 666 g/mol. The molecule has 0 saturated heterocycles. The number of carbonyl (C=O) groups is 2. The van der Waals surface area contributed by atoms with Crippen LogP contribution in [0, 0.1) is 4.64 Å². The average Bonchev–Trinajstić information content (AvgIpc) is 3.20. The van der Waals surface area contributed by atoms with Gasteiger partial charge in [-0.1, -0.05) is 104 Å². The summed E-state index contributed by atoms with van der Waals surface area (Å²) in [7, 11) is 0. The minimum atomic E-state index is -4.80. The highest BCUT2D eigenvalue weighted by Gasteiger charge is 2.39. The maximum absolute atomic E-state index is 14.9. The zero-order chi connectivity index (χ0) is 34.0. The first-order chi connectivity index (χ1) is 23.0. The van der Waals surface area contributed by atoms with Crippen LogP contribution in [-0.2, 0) is 26.9 Å². The highest BCUT2D eigenvalue weighted by atomic mass is 32.1. The number of nitrogens with zero attached hydrogens (tertiary/aromatic N) is 3. The normalized spacial score (nSPS) is 13.9. The van der Waals surface area contributed by atoms with Crippen molar-refractivity contribution in [2.45, 2.75) is 39.1 Å². The standard InChI is InChI=1S/C37H29F3N4O3S/c1-3-30(46)41-26-19-17-25(18-20-26)32-27-15-10-16-28(37(38,39)40)33(27)44-34(35(43-32)47-22(2)45)42-29(21-23-11-6-4-7-12-23)31(36(44)48)24-13-8-5-9-14-24/h4-20,35H,3,21H2,1-2H3,(H,41,46). The van der Waals surface area contributed by atoms with Crippen LogP contribution in [0.4, 0.5) is 18.9 Å². The van der Waals surface area contributed by atoms with Crippen LogP contribution >= 0.6 is 12.2 Å². The number of esters is 1. The summed E-state index contributed by atoms with van der Waals surface area (Å²) in [6, 6.07) is 29.0. The third-order valence-electron chi connectivity index (χ3n) is 7.79. The lowest BCUT2D eigenvalue weighted by molar-refractivity contribution is -0.147. The second-order valence-corrected chi connectivity index (χ2v) is 11.5. The van der Waals surface area contributed by atoms with Gasteiger partial charge >= 0.3 is 12.1 Å². The molecule has 1 unspecified atom stereocenters. The Balaban J connectivity index is 1.69. The number of rotatable bonds is 7. The van der Waals surface area contributed by atoms with Crippen LogP contribution < -0.4 is 5.32 Å². The number of ether oxygens (including phenoxy) is 1. The lowest BCUT2D eigenvalue weighted by atomic mass is 9.96. The molecule has 1 amide bonds. The predicted molar refractivity (Wildman–Crippen MR) is 180 cm³/mol. The fourth-order valence-electron chi connectivity index (χ4n) is 5.65. The summed E-state index contributed by atoms with van der Waals surface area (Å²) >= 11 is 6.10. The number of anilines is 1. The van der Waals surface area contributed by atoms with E-state index in [0.29, 0.717) is 34.5 Å². The second-order valence-electron chi connectivity index (χ2n) is 11.1. The molecule has 1 aromatic heterocycles. The number of benzene rings is 4. The molecule has 7 nitrogen and oxygen atoms in total. The zero-order valence-corrected chi connectivity index (χ0v) is 26.7. The summed E-state index contributed by atoms with van der Waals surface area (Å²) in [5, 5.41) is 2.76. The Kier molecular flexibility index (Phi) is 9.05. The van der Waals surface area contributed by atoms with Crippen LogP contribution in [-0.4, -0.2) is 27.1 Å². The van der Waals surface area contributed by atoms with Crippen molar-refractivity contribution in [3.8, 4) is 16.8 Å². The molecule has 0 bridgehead atoms. The maximum atomic E-state index is 14.9. The molecule has 1 atom stereocenters. The number of para-hydroxylation sites is 1. The molecule has 1 aliphatic heterocycles. The SMILES string of the molecule is CCC(=O)Nc1ccc(C2=NC(OC(C)=O)c3nc(Cc4ccccc4)c(-c4ccccc4)c(=S)n3-c3c2cccc3C(F)(F)F)cc1. The topological polar surface area (TPSA) is 85.6 Å². The Hall–Kier alpha value is -5.42. The second kappa shape index (κ2) is 13.4. The third-order valence-corrected chi connectivity index (χ3v) is 8.18. The van der Waals surface area contributed by atoms with Gasteiger partial charge in [0.1, 0.15) is 4.64 Å². The number of alkyl halides is 3. The summed E-state index contributed by atoms with van der Waals surface area (Å²) in [6.45, 7) is 2.92. The maximum Gasteiger partial charge on any atom is 0.418 e. The molecular weight excluding hydrogens is 637 g/mol. The number of aliphatic imine (C=N–C) groups is 1. The first-order valence-electron chi connectivity index (χ1n) is 15.2. The van der Waals surface area contributed by atoms with Gasteiger partial charge in [0.15, 0.2) is 5.82 Å². The van der Waals surface area contributed by atoms with Gasteiger partial charge in [0.05, 0.1) is 22.7 Å². The number of hydrogen-bond donors (Lipinski definition) is 1. The Morgan fingerprint density at radius 3 is 2.19 bits per heavy atom. The average molecular weight is 667 g/mol. The molecular formula is C37H29F3N4O3S. The Morgan fingerprint density at radius 1 is 0.896 bits per heavy atom. The number of halogens is 3. The minimum Gasteiger partial charge on any atom is -0.432 e. The predicted octanol–water partition coefficient (Wildman–Crippen LogP) is 8.64. The Morgan fingerprint density at radius 2 is 1.56 bits per heavy atom. The van der Waals surface area contributed by atoms with Crippen LogP contribution in [0.2, 0.25) is 0 Å². The Bertz CT molecular complexity index is 2100. The van der Waals surface area contributed by atoms with E-state index in [4.69, 9.17) is 26.9 Å². The lowest BCUT2D eigenvalue weighted by Gasteiger charge is -2.23. The molecule has 0 spiro atoms. The van der Waals surface area contributed by atoms with Crippen molar-refractivity contribution in [2.24, 2.45) is 4.99 Å². The largest absolute Gasteiger partial charge is 0.432 e. The number of aromatic nitrogens is 2. The summed E-state index contributed by atoms with van der Waals surface area (Å²) < 4.78 is 51.8. The van der Waals surface area contributed by atoms with Gasteiger partial charge in [-0.15, -0.1) is 0 Å². The van der Waals surface area contributed by atoms with E-state index in [1.807, 2.05) is 60.7 Å². The number of fused-ring (bicyclic) bond motifs is 3. The molecule has 242 valence electrons. The summed E-state index contributed by atoms with van der Waals surface area (Å²) in [5.74, 6) is -0.972. The van der Waals surface area contributed by atoms with Gasteiger partial charge in [0.25, 0.3) is 6.23 Å². The van der Waals surface area contributed by atoms with Crippen molar-refractivity contribution < 1.29 is 27.5 Å². The molecule has 4 aromatic carbocycles. The Labute approximate surface area is 279 Å². The third kappa shape index (κ3) is 6.54. The molecule has 1 N–H and O–H groups in total. The molecule has 48 heavy (non-hydrogen) atoms. The van der Waals surface area contributed by atoms with Gasteiger partial charge in [0, 0.05) is 42.1 Å². The van der Waals surface area contributed by atoms with Crippen LogP contribution in [0.5, 0.6) is 0 Å². The van der Waals surface area contributed by atoms with Gasteiger partial charge in [-0.3, -0.25) is 14.2 Å². The molecule has 5 aromatic rings. The lowest BCUT2D eigenvalue weighted by Crippen LogP contribution is -2.21. The van der Waals surface area contributed by atoms with Crippen LogP contribution in [0.1, 0.15) is 60.3 Å². The summed E-state index contributed by atoms with van der Waals surface area (Å²) in [6.07, 6.45) is -5.68. The fraction of sp³-hybridized carbons (Fsp3) is 0.162. The quantitative estimate of drug-likeness (QED) is 0.139. The van der Waals surface area contributed by atoms with Gasteiger partial charge < -0.3 is 10.1 Å². The number of nitrogens with one attached hydrogen (secondary N) is 1. The van der Waals surface area contributed by atoms with E-state index < -0.39 is 23.9 Å². The minimum absolute atomic E-state index is 0.0568. The molecule has 6 rings (SSSR count). The van der Waals surface area contributed by atoms with E-state index in [2.05, 4.69) is 5.32 Å². The fourth-order valence-corrected chi connectivity index (χ4v) is 6.07. The van der Waals surface area contributed by atoms with Crippen molar-refractivity contribution in [3.63, 3.8) is 0 Å². The first-order valence-corrected chi connectivity index (χ1v) is 15.6. The van der Waals surface area contributed by atoms with E-state index in [1.165, 1.54) is 23.6 Å². The molecule has 0 radical (unpaired) electrons. The van der Waals surface area contributed by atoms with Crippen molar-refractivity contribution in [2.75, 3.05) is 5.32 Å². The van der Waals surface area contributed by atoms with Crippen molar-refractivity contribution >= 4 is 35.5 Å². The van der Waals surface area contributed by atoms with Gasteiger partial charge in [-0.05, 0) is 29.3 Å². The molecule has 0 saturated carbocycles. The van der Waals surface area contributed by atoms with E-state index >= 15 is 0 Å². The number of hydrogen-bond acceptors (Lipinski definition) is 6. The van der Waals surface area contributed by atoms with E-state index in [9.17, 15) is 22.8 Å². The van der Waals surface area contributed by atoms with E-state index in [-0.39, 0.29) is 39.8 Å². The number of carbonyl (C=O) groups excluding carboxylic acids is 2. The highest BCUT2D eigenvalue weighted by Crippen LogP contribution is 2.42. The summed E-state index contributed by atoms with van der Waals surface area (Å²) in [4.78, 5) is 34.2. The highest BCUT2D eigenvalue weighted by molar-refractivity contribution is 7.71. The van der Waals surface area contributed by atoms with Gasteiger partial charge in [-0.25, -0.2) is 9.98 Å². The van der Waals surface area contributed by atoms with Crippen molar-refractivity contribution in [3.05, 3.63) is 142 Å². The van der Waals surface area contributed by atoms with Crippen molar-refractivity contribution in [1.29, 1.82) is 0 Å². The van der Waals surface area contributed by atoms with E-state index in [0.717, 1.165) is 11.6 Å². The molecule has 2 heterocycles. The smallest absolute Gasteiger partial charge is 0.418 e. The summed E-state index contributed by atoms with van der Waals surface area (Å²) in [5.41, 5.74) is 2.45. The first kappa shape index (κ1) is 32.5. The number of amides is 1. The molecule has 11 heteroatoms. The zero-order valence-electron chi connectivity index (χ0n) is 25.9. The van der Waals surface area contributed by atoms with Crippen LogP contribution in [0.25, 0.3) is 16.8 Å². The molecule has 0 fully saturated rings. The van der Waals surface area contributed by atoms with Crippen LogP contribution in [0.3, 0.4) is 0 Å². The molecule has 0 aliphatic carbocycles. The van der Waals surface area contributed by atoms with Crippen molar-refractivity contribution in [1.82, 2.24) is 9.55 Å². The van der Waals surface area contributed by atoms with Gasteiger partial charge in [0.2, 0.25) is 5.91 Å². The van der Waals surface area contributed by atoms with E-state index in [1.54, 1.807) is 31.2 Å².